The number of hydrogen-bond donors (Lipinski definition) is 0. The molecule has 3 aromatic carbocycles. The first-order chi connectivity index (χ1) is 17.9. The number of furan rings is 1. The van der Waals surface area contributed by atoms with Gasteiger partial charge in [-0.05, 0) is 53.6 Å². The van der Waals surface area contributed by atoms with E-state index in [2.05, 4.69) is 85.6 Å². The molecule has 5 nitrogen and oxygen atoms in total. The molecule has 3 aromatic heterocycles. The largest absolute Gasteiger partial charge is 0.456 e. The van der Waals surface area contributed by atoms with Crippen LogP contribution in [0.1, 0.15) is 43.6 Å². The third-order valence-electron chi connectivity index (χ3n) is 7.87. The average molecular weight is 487 g/mol. The standard InChI is InChI=1S/C32H26N2O3/c1-18-21-10-8-19-9-11-22-28(27(18)19)29-23(35-22)12-13-24-30(29)31(33-15-6-5-7-25(33)36-21)34-16-14-20(32(2,3)4)17-26(34)37-24/h5-17,31H,1-4H3/q+2. The van der Waals surface area contributed by atoms with Gasteiger partial charge in [0.2, 0.25) is 0 Å². The molecule has 180 valence electrons. The summed E-state index contributed by atoms with van der Waals surface area (Å²) in [6.45, 7) is 8.80. The van der Waals surface area contributed by atoms with E-state index in [0.717, 1.165) is 67.1 Å². The number of fused-ring (bicyclic) bond motifs is 5. The summed E-state index contributed by atoms with van der Waals surface area (Å²) in [5.74, 6) is 3.24. The molecule has 0 saturated carbocycles. The van der Waals surface area contributed by atoms with Crippen molar-refractivity contribution in [3.63, 3.8) is 0 Å². The van der Waals surface area contributed by atoms with Crippen molar-refractivity contribution in [3.8, 4) is 23.3 Å². The minimum absolute atomic E-state index is 0.000294. The second-order valence-electron chi connectivity index (χ2n) is 11.1. The van der Waals surface area contributed by atoms with E-state index in [1.807, 2.05) is 30.3 Å². The summed E-state index contributed by atoms with van der Waals surface area (Å²) in [6.07, 6.45) is 3.99. The smallest absolute Gasteiger partial charge is 0.389 e. The number of hydrogen-bond acceptors (Lipinski definition) is 3. The summed E-state index contributed by atoms with van der Waals surface area (Å²) < 4.78 is 24.2. The van der Waals surface area contributed by atoms with Crippen molar-refractivity contribution >= 4 is 32.7 Å². The topological polar surface area (TPSA) is 39.4 Å². The van der Waals surface area contributed by atoms with Crippen LogP contribution in [0.15, 0.2) is 83.5 Å². The zero-order chi connectivity index (χ0) is 25.1. The first kappa shape index (κ1) is 20.8. The highest BCUT2D eigenvalue weighted by molar-refractivity contribution is 6.21. The van der Waals surface area contributed by atoms with Gasteiger partial charge >= 0.3 is 17.9 Å². The summed E-state index contributed by atoms with van der Waals surface area (Å²) >= 11 is 0. The third-order valence-corrected chi connectivity index (χ3v) is 7.87. The fraction of sp³-hybridized carbons (Fsp3) is 0.188. The maximum absolute atomic E-state index is 6.66. The highest BCUT2D eigenvalue weighted by atomic mass is 16.5. The first-order valence-electron chi connectivity index (χ1n) is 12.7. The molecule has 0 N–H and O–H groups in total. The molecule has 0 fully saturated rings. The van der Waals surface area contributed by atoms with Crippen LogP contribution in [0.2, 0.25) is 0 Å². The summed E-state index contributed by atoms with van der Waals surface area (Å²) in [6, 6.07) is 22.9. The van der Waals surface area contributed by atoms with Crippen LogP contribution < -0.4 is 18.6 Å². The molecule has 1 atom stereocenters. The van der Waals surface area contributed by atoms with Crippen molar-refractivity contribution in [2.75, 3.05) is 0 Å². The quantitative estimate of drug-likeness (QED) is 0.212. The van der Waals surface area contributed by atoms with Crippen LogP contribution in [0, 0.1) is 6.92 Å². The average Bonchev–Trinajstić information content (AvgIpc) is 3.27. The summed E-state index contributed by atoms with van der Waals surface area (Å²) in [5.41, 5.74) is 5.11. The van der Waals surface area contributed by atoms with E-state index < -0.39 is 0 Å². The molecule has 2 aliphatic heterocycles. The van der Waals surface area contributed by atoms with Crippen molar-refractivity contribution in [2.45, 2.75) is 39.3 Å². The summed E-state index contributed by atoms with van der Waals surface area (Å²) in [5, 5.41) is 4.52. The van der Waals surface area contributed by atoms with E-state index in [1.54, 1.807) is 0 Å². The molecule has 8 rings (SSSR count). The number of pyridine rings is 2. The van der Waals surface area contributed by atoms with Gasteiger partial charge in [-0.1, -0.05) is 42.0 Å². The second-order valence-corrected chi connectivity index (χ2v) is 11.1. The van der Waals surface area contributed by atoms with Crippen molar-refractivity contribution in [3.05, 3.63) is 95.8 Å². The van der Waals surface area contributed by atoms with Crippen LogP contribution >= 0.6 is 0 Å². The van der Waals surface area contributed by atoms with Crippen LogP contribution in [0.4, 0.5) is 0 Å². The lowest BCUT2D eigenvalue weighted by atomic mass is 9.87. The van der Waals surface area contributed by atoms with Crippen molar-refractivity contribution in [1.29, 1.82) is 0 Å². The molecule has 0 amide bonds. The Labute approximate surface area is 214 Å². The Kier molecular flexibility index (Phi) is 3.87. The Morgan fingerprint density at radius 3 is 2.30 bits per heavy atom. The molecular weight excluding hydrogens is 460 g/mol. The zero-order valence-electron chi connectivity index (χ0n) is 21.2. The molecule has 6 aromatic rings. The van der Waals surface area contributed by atoms with Gasteiger partial charge in [-0.2, -0.15) is 0 Å². The maximum Gasteiger partial charge on any atom is 0.389 e. The van der Waals surface area contributed by atoms with Gasteiger partial charge in [-0.3, -0.25) is 0 Å². The van der Waals surface area contributed by atoms with E-state index >= 15 is 0 Å². The third kappa shape index (κ3) is 2.74. The number of rotatable bonds is 0. The Hall–Kier alpha value is -4.38. The summed E-state index contributed by atoms with van der Waals surface area (Å²) in [7, 11) is 0. The van der Waals surface area contributed by atoms with Gasteiger partial charge in [0.25, 0.3) is 0 Å². The molecule has 1 unspecified atom stereocenters. The SMILES string of the molecule is Cc1c2ccc3ccc4oc5ccc6c(c5c4c13)C([n+]1ccccc1O2)[n+]1ccc(C(C)(C)C)cc1O6. The van der Waals surface area contributed by atoms with E-state index in [4.69, 9.17) is 13.9 Å². The molecule has 37 heavy (non-hydrogen) atoms. The molecule has 5 heteroatoms. The number of ether oxygens (including phenoxy) is 2. The maximum atomic E-state index is 6.66. The Morgan fingerprint density at radius 2 is 1.43 bits per heavy atom. The van der Waals surface area contributed by atoms with E-state index in [-0.39, 0.29) is 11.6 Å². The lowest BCUT2D eigenvalue weighted by Crippen LogP contribution is -2.60. The van der Waals surface area contributed by atoms with Crippen molar-refractivity contribution < 1.29 is 23.0 Å². The Balaban J connectivity index is 1.58. The van der Waals surface area contributed by atoms with Gasteiger partial charge in [-0.15, -0.1) is 0 Å². The van der Waals surface area contributed by atoms with Crippen LogP contribution in [0.25, 0.3) is 32.7 Å². The minimum atomic E-state index is -0.229. The zero-order valence-corrected chi connectivity index (χ0v) is 21.2. The molecule has 2 bridgehead atoms. The van der Waals surface area contributed by atoms with Gasteiger partial charge in [0.1, 0.15) is 22.5 Å². The fourth-order valence-electron chi connectivity index (χ4n) is 5.99. The molecule has 0 spiro atoms. The predicted octanol–water partition coefficient (Wildman–Crippen LogP) is 7.23. The highest BCUT2D eigenvalue weighted by Crippen LogP contribution is 2.47. The summed E-state index contributed by atoms with van der Waals surface area (Å²) in [4.78, 5) is 0. The lowest BCUT2D eigenvalue weighted by Gasteiger charge is -2.24. The van der Waals surface area contributed by atoms with Crippen LogP contribution in [0.5, 0.6) is 23.3 Å². The van der Waals surface area contributed by atoms with E-state index in [9.17, 15) is 0 Å². The minimum Gasteiger partial charge on any atom is -0.456 e. The first-order valence-corrected chi connectivity index (χ1v) is 12.7. The van der Waals surface area contributed by atoms with Gasteiger partial charge in [0.15, 0.2) is 18.1 Å². The van der Waals surface area contributed by atoms with Gasteiger partial charge in [0, 0.05) is 33.9 Å². The number of aryl methyl sites for hydroxylation is 1. The molecule has 2 aliphatic rings. The molecule has 0 radical (unpaired) electrons. The van der Waals surface area contributed by atoms with Crippen LogP contribution in [-0.4, -0.2) is 0 Å². The van der Waals surface area contributed by atoms with Crippen molar-refractivity contribution in [1.82, 2.24) is 0 Å². The number of benzene rings is 3. The van der Waals surface area contributed by atoms with E-state index in [1.165, 1.54) is 5.56 Å². The van der Waals surface area contributed by atoms with Gasteiger partial charge in [-0.25, -0.2) is 0 Å². The second kappa shape index (κ2) is 6.88. The number of nitrogens with zero attached hydrogens (tertiary/aromatic N) is 2. The van der Waals surface area contributed by atoms with Crippen LogP contribution in [0.3, 0.4) is 0 Å². The van der Waals surface area contributed by atoms with Gasteiger partial charge in [0.05, 0.1) is 12.1 Å². The molecular formula is C32H26N2O3+2. The predicted molar refractivity (Wildman–Crippen MR) is 142 cm³/mol. The highest BCUT2D eigenvalue weighted by Gasteiger charge is 2.46. The Morgan fingerprint density at radius 1 is 0.703 bits per heavy atom. The number of aromatic nitrogens is 2. The molecule has 5 heterocycles. The molecule has 0 saturated heterocycles. The van der Waals surface area contributed by atoms with Crippen LogP contribution in [-0.2, 0) is 5.41 Å². The monoisotopic (exact) mass is 486 g/mol. The van der Waals surface area contributed by atoms with E-state index in [0.29, 0.717) is 0 Å². The fourth-order valence-corrected chi connectivity index (χ4v) is 5.99. The van der Waals surface area contributed by atoms with Crippen molar-refractivity contribution in [2.24, 2.45) is 0 Å². The lowest BCUT2D eigenvalue weighted by molar-refractivity contribution is -0.936. The normalized spacial score (nSPS) is 15.7. The Bertz CT molecular complexity index is 1940. The molecule has 0 aliphatic carbocycles. The van der Waals surface area contributed by atoms with Gasteiger partial charge < -0.3 is 13.9 Å².